The molecule has 1 N–H and O–H groups in total. The zero-order valence-corrected chi connectivity index (χ0v) is 11.8. The highest BCUT2D eigenvalue weighted by atomic mass is 19.1. The smallest absolute Gasteiger partial charge is 0.320 e. The SMILES string of the molecule is O=C(O)[C@@H]1C[C@@H]2CCCC[C@@H]2N1Cc1cc(F)ccc1F. The topological polar surface area (TPSA) is 40.5 Å². The Balaban J connectivity index is 1.86. The van der Waals surface area contributed by atoms with Crippen molar-refractivity contribution in [2.24, 2.45) is 5.92 Å². The van der Waals surface area contributed by atoms with E-state index in [1.54, 1.807) is 0 Å². The standard InChI is InChI=1S/C16H19F2NO2/c17-12-5-6-13(18)11(7-12)9-19-14-4-2-1-3-10(14)8-15(19)16(20)21/h5-7,10,14-15H,1-4,8-9H2,(H,20,21)/t10-,14-,15-/m0/s1. The van der Waals surface area contributed by atoms with Gasteiger partial charge in [0.05, 0.1) is 0 Å². The summed E-state index contributed by atoms with van der Waals surface area (Å²) < 4.78 is 27.1. The molecule has 1 aromatic carbocycles. The summed E-state index contributed by atoms with van der Waals surface area (Å²) >= 11 is 0. The molecule has 114 valence electrons. The number of carboxylic acids is 1. The molecule has 3 atom stereocenters. The Bertz CT molecular complexity index is 549. The molecule has 2 fully saturated rings. The Kier molecular flexibility index (Phi) is 3.93. The van der Waals surface area contributed by atoms with Crippen molar-refractivity contribution in [1.29, 1.82) is 0 Å². The third kappa shape index (κ3) is 2.79. The van der Waals surface area contributed by atoms with Crippen molar-refractivity contribution in [1.82, 2.24) is 4.90 Å². The van der Waals surface area contributed by atoms with Gasteiger partial charge in [0.1, 0.15) is 17.7 Å². The molecule has 3 nitrogen and oxygen atoms in total. The lowest BCUT2D eigenvalue weighted by Gasteiger charge is -2.33. The average molecular weight is 295 g/mol. The highest BCUT2D eigenvalue weighted by molar-refractivity contribution is 5.74. The number of carbonyl (C=O) groups is 1. The van der Waals surface area contributed by atoms with Crippen molar-refractivity contribution in [2.45, 2.75) is 50.7 Å². The van der Waals surface area contributed by atoms with Crippen LogP contribution in [0.5, 0.6) is 0 Å². The molecule has 1 saturated carbocycles. The van der Waals surface area contributed by atoms with E-state index in [2.05, 4.69) is 0 Å². The van der Waals surface area contributed by atoms with Crippen LogP contribution in [0.1, 0.15) is 37.7 Å². The Morgan fingerprint density at radius 1 is 1.29 bits per heavy atom. The van der Waals surface area contributed by atoms with E-state index >= 15 is 0 Å². The minimum absolute atomic E-state index is 0.168. The number of hydrogen-bond donors (Lipinski definition) is 1. The van der Waals surface area contributed by atoms with Gasteiger partial charge in [-0.15, -0.1) is 0 Å². The molecular formula is C16H19F2NO2. The number of rotatable bonds is 3. The van der Waals surface area contributed by atoms with Gasteiger partial charge in [-0.2, -0.15) is 0 Å². The summed E-state index contributed by atoms with van der Waals surface area (Å²) in [4.78, 5) is 13.4. The lowest BCUT2D eigenvalue weighted by atomic mass is 9.84. The molecule has 1 saturated heterocycles. The van der Waals surface area contributed by atoms with E-state index in [0.717, 1.165) is 37.8 Å². The molecule has 3 rings (SSSR count). The summed E-state index contributed by atoms with van der Waals surface area (Å²) in [5.74, 6) is -1.45. The molecule has 1 aromatic rings. The number of aliphatic carboxylic acids is 1. The minimum Gasteiger partial charge on any atom is -0.480 e. The number of carboxylic acid groups (broad SMARTS) is 1. The maximum atomic E-state index is 13.8. The molecule has 1 aliphatic heterocycles. The van der Waals surface area contributed by atoms with Crippen LogP contribution in [0.15, 0.2) is 18.2 Å². The van der Waals surface area contributed by atoms with Gasteiger partial charge in [-0.3, -0.25) is 9.69 Å². The van der Waals surface area contributed by atoms with Gasteiger partial charge in [0.25, 0.3) is 0 Å². The average Bonchev–Trinajstić information content (AvgIpc) is 2.82. The molecule has 0 unspecified atom stereocenters. The molecule has 0 amide bonds. The minimum atomic E-state index is -0.860. The molecule has 0 radical (unpaired) electrons. The highest BCUT2D eigenvalue weighted by Gasteiger charge is 2.45. The van der Waals surface area contributed by atoms with Crippen LogP contribution in [0.2, 0.25) is 0 Å². The first-order valence-electron chi connectivity index (χ1n) is 7.48. The van der Waals surface area contributed by atoms with E-state index in [4.69, 9.17) is 0 Å². The zero-order valence-electron chi connectivity index (χ0n) is 11.8. The summed E-state index contributed by atoms with van der Waals surface area (Å²) in [7, 11) is 0. The summed E-state index contributed by atoms with van der Waals surface area (Å²) in [5.41, 5.74) is 0.243. The summed E-state index contributed by atoms with van der Waals surface area (Å²) in [6.07, 6.45) is 4.82. The largest absolute Gasteiger partial charge is 0.480 e. The molecular weight excluding hydrogens is 276 g/mol. The monoisotopic (exact) mass is 295 g/mol. The van der Waals surface area contributed by atoms with Gasteiger partial charge in [-0.1, -0.05) is 12.8 Å². The van der Waals surface area contributed by atoms with Crippen LogP contribution in [0.25, 0.3) is 0 Å². The van der Waals surface area contributed by atoms with E-state index < -0.39 is 23.6 Å². The fourth-order valence-electron chi connectivity index (χ4n) is 3.88. The predicted molar refractivity (Wildman–Crippen MR) is 73.7 cm³/mol. The van der Waals surface area contributed by atoms with Gasteiger partial charge in [0.2, 0.25) is 0 Å². The second-order valence-electron chi connectivity index (χ2n) is 6.11. The van der Waals surface area contributed by atoms with Gasteiger partial charge in [-0.25, -0.2) is 8.78 Å². The van der Waals surface area contributed by atoms with Crippen molar-refractivity contribution in [3.05, 3.63) is 35.4 Å². The third-order valence-corrected chi connectivity index (χ3v) is 4.87. The summed E-state index contributed by atoms with van der Waals surface area (Å²) in [5, 5.41) is 9.42. The van der Waals surface area contributed by atoms with E-state index in [1.165, 1.54) is 6.07 Å². The number of halogens is 2. The highest BCUT2D eigenvalue weighted by Crippen LogP contribution is 2.40. The maximum absolute atomic E-state index is 13.8. The van der Waals surface area contributed by atoms with Crippen molar-refractivity contribution in [3.63, 3.8) is 0 Å². The van der Waals surface area contributed by atoms with Gasteiger partial charge >= 0.3 is 5.97 Å². The molecule has 5 heteroatoms. The third-order valence-electron chi connectivity index (χ3n) is 4.87. The van der Waals surface area contributed by atoms with Crippen LogP contribution in [0.3, 0.4) is 0 Å². The Hall–Kier alpha value is -1.49. The first kappa shape index (κ1) is 14.4. The molecule has 1 aliphatic carbocycles. The lowest BCUT2D eigenvalue weighted by molar-refractivity contribution is -0.142. The lowest BCUT2D eigenvalue weighted by Crippen LogP contribution is -2.41. The van der Waals surface area contributed by atoms with Crippen LogP contribution in [0, 0.1) is 17.6 Å². The Morgan fingerprint density at radius 2 is 2.05 bits per heavy atom. The zero-order chi connectivity index (χ0) is 15.0. The second kappa shape index (κ2) is 5.72. The summed E-state index contributed by atoms with van der Waals surface area (Å²) in [6.45, 7) is 0.168. The van der Waals surface area contributed by atoms with Crippen LogP contribution in [0.4, 0.5) is 8.78 Å². The Morgan fingerprint density at radius 3 is 2.81 bits per heavy atom. The molecule has 21 heavy (non-hydrogen) atoms. The quantitative estimate of drug-likeness (QED) is 0.931. The van der Waals surface area contributed by atoms with Gasteiger partial charge in [0.15, 0.2) is 0 Å². The van der Waals surface area contributed by atoms with Crippen molar-refractivity contribution < 1.29 is 18.7 Å². The molecule has 0 bridgehead atoms. The Labute approximate surface area is 122 Å². The number of nitrogens with zero attached hydrogens (tertiary/aromatic N) is 1. The van der Waals surface area contributed by atoms with Crippen LogP contribution in [-0.4, -0.2) is 28.1 Å². The van der Waals surface area contributed by atoms with Crippen molar-refractivity contribution >= 4 is 5.97 Å². The van der Waals surface area contributed by atoms with Gasteiger partial charge in [0, 0.05) is 18.2 Å². The second-order valence-corrected chi connectivity index (χ2v) is 6.11. The molecule has 1 heterocycles. The number of hydrogen-bond acceptors (Lipinski definition) is 2. The number of benzene rings is 1. The van der Waals surface area contributed by atoms with Crippen molar-refractivity contribution in [2.75, 3.05) is 0 Å². The summed E-state index contributed by atoms with van der Waals surface area (Å²) in [6, 6.07) is 2.96. The molecule has 0 aromatic heterocycles. The van der Waals surface area contributed by atoms with Gasteiger partial charge in [-0.05, 0) is 43.4 Å². The maximum Gasteiger partial charge on any atom is 0.320 e. The first-order chi connectivity index (χ1) is 10.1. The van der Waals surface area contributed by atoms with E-state index in [0.29, 0.717) is 12.3 Å². The van der Waals surface area contributed by atoms with E-state index in [-0.39, 0.29) is 18.2 Å². The first-order valence-corrected chi connectivity index (χ1v) is 7.48. The number of fused-ring (bicyclic) bond motifs is 1. The molecule has 0 spiro atoms. The predicted octanol–water partition coefficient (Wildman–Crippen LogP) is 3.18. The van der Waals surface area contributed by atoms with Crippen LogP contribution < -0.4 is 0 Å². The fraction of sp³-hybridized carbons (Fsp3) is 0.562. The fourth-order valence-corrected chi connectivity index (χ4v) is 3.88. The van der Waals surface area contributed by atoms with E-state index in [1.807, 2.05) is 4.90 Å². The van der Waals surface area contributed by atoms with Crippen LogP contribution in [-0.2, 0) is 11.3 Å². The van der Waals surface area contributed by atoms with Gasteiger partial charge < -0.3 is 5.11 Å². The normalized spacial score (nSPS) is 29.3. The van der Waals surface area contributed by atoms with E-state index in [9.17, 15) is 18.7 Å². The number of likely N-dealkylation sites (tertiary alicyclic amines) is 1. The molecule has 2 aliphatic rings. The van der Waals surface area contributed by atoms with Crippen LogP contribution >= 0.6 is 0 Å². The van der Waals surface area contributed by atoms with Crippen molar-refractivity contribution in [3.8, 4) is 0 Å².